The lowest BCUT2D eigenvalue weighted by molar-refractivity contribution is 0.0929. The number of piperidine rings is 1. The molecule has 1 aromatic rings. The highest BCUT2D eigenvalue weighted by atomic mass is 19.2. The Hall–Kier alpha value is -1.56. The summed E-state index contributed by atoms with van der Waals surface area (Å²) in [5.41, 5.74) is -0.211. The largest absolute Gasteiger partial charge is 0.348 e. The number of hydrogen-bond donors (Lipinski definition) is 2. The van der Waals surface area contributed by atoms with Crippen molar-refractivity contribution in [2.75, 3.05) is 13.1 Å². The monoisotopic (exact) mass is 258 g/mol. The van der Waals surface area contributed by atoms with Crippen LogP contribution in [0.15, 0.2) is 12.1 Å². The molecule has 0 aliphatic carbocycles. The second kappa shape index (κ2) is 5.39. The minimum absolute atomic E-state index is 0.0672. The Morgan fingerprint density at radius 1 is 1.28 bits per heavy atom. The zero-order valence-corrected chi connectivity index (χ0v) is 9.60. The van der Waals surface area contributed by atoms with Gasteiger partial charge in [-0.3, -0.25) is 4.79 Å². The molecule has 0 spiro atoms. The molecule has 1 aliphatic heterocycles. The van der Waals surface area contributed by atoms with Crippen LogP contribution in [0.3, 0.4) is 0 Å². The molecule has 1 saturated heterocycles. The van der Waals surface area contributed by atoms with Gasteiger partial charge in [-0.1, -0.05) is 0 Å². The molecule has 1 amide bonds. The number of carbonyl (C=O) groups excluding carboxylic acids is 1. The first-order chi connectivity index (χ1) is 8.58. The number of halogens is 3. The molecule has 0 unspecified atom stereocenters. The van der Waals surface area contributed by atoms with E-state index in [1.54, 1.807) is 0 Å². The molecule has 1 aromatic carbocycles. The van der Waals surface area contributed by atoms with E-state index >= 15 is 0 Å². The molecular formula is C12H13F3N2O. The minimum atomic E-state index is -1.56. The van der Waals surface area contributed by atoms with Crippen LogP contribution >= 0.6 is 0 Å². The van der Waals surface area contributed by atoms with Gasteiger partial charge in [0.25, 0.3) is 5.91 Å². The van der Waals surface area contributed by atoms with Crippen LogP contribution in [0.4, 0.5) is 13.2 Å². The molecule has 0 bridgehead atoms. The summed E-state index contributed by atoms with van der Waals surface area (Å²) in [5.74, 6) is -4.88. The second-order valence-corrected chi connectivity index (χ2v) is 4.27. The van der Waals surface area contributed by atoms with Gasteiger partial charge in [0.2, 0.25) is 0 Å². The van der Waals surface area contributed by atoms with Crippen LogP contribution < -0.4 is 10.6 Å². The number of carbonyl (C=O) groups is 1. The third-order valence-electron chi connectivity index (χ3n) is 2.88. The standard InChI is InChI=1S/C12H13F3N2O/c13-9-4-7(5-10(14)11(9)15)12(18)17-8-2-1-3-16-6-8/h4-5,8,16H,1-3,6H2,(H,17,18)/t8-/m0/s1. The van der Waals surface area contributed by atoms with Gasteiger partial charge in [0, 0.05) is 18.2 Å². The lowest BCUT2D eigenvalue weighted by Crippen LogP contribution is -2.45. The van der Waals surface area contributed by atoms with Gasteiger partial charge in [0.1, 0.15) is 0 Å². The van der Waals surface area contributed by atoms with Gasteiger partial charge >= 0.3 is 0 Å². The molecule has 1 heterocycles. The lowest BCUT2D eigenvalue weighted by Gasteiger charge is -2.23. The smallest absolute Gasteiger partial charge is 0.251 e. The van der Waals surface area contributed by atoms with Crippen molar-refractivity contribution < 1.29 is 18.0 Å². The van der Waals surface area contributed by atoms with Gasteiger partial charge in [0.05, 0.1) is 0 Å². The maximum atomic E-state index is 13.0. The van der Waals surface area contributed by atoms with E-state index in [1.165, 1.54) is 0 Å². The highest BCUT2D eigenvalue weighted by molar-refractivity contribution is 5.94. The molecule has 18 heavy (non-hydrogen) atoms. The Kier molecular flexibility index (Phi) is 3.86. The molecule has 1 aliphatic rings. The number of nitrogens with one attached hydrogen (secondary N) is 2. The van der Waals surface area contributed by atoms with Crippen LogP contribution in [-0.2, 0) is 0 Å². The minimum Gasteiger partial charge on any atom is -0.348 e. The fourth-order valence-corrected chi connectivity index (χ4v) is 1.93. The summed E-state index contributed by atoms with van der Waals surface area (Å²) in [6.45, 7) is 1.52. The van der Waals surface area contributed by atoms with E-state index in [9.17, 15) is 18.0 Å². The van der Waals surface area contributed by atoms with Crippen molar-refractivity contribution in [1.82, 2.24) is 10.6 Å². The van der Waals surface area contributed by atoms with E-state index in [2.05, 4.69) is 10.6 Å². The van der Waals surface area contributed by atoms with Crippen LogP contribution in [0, 0.1) is 17.5 Å². The summed E-state index contributed by atoms with van der Waals surface area (Å²) in [7, 11) is 0. The zero-order valence-electron chi connectivity index (χ0n) is 9.60. The maximum absolute atomic E-state index is 13.0. The summed E-state index contributed by atoms with van der Waals surface area (Å²) >= 11 is 0. The zero-order chi connectivity index (χ0) is 13.1. The molecule has 0 radical (unpaired) electrons. The predicted molar refractivity (Wildman–Crippen MR) is 59.7 cm³/mol. The van der Waals surface area contributed by atoms with Crippen LogP contribution in [0.1, 0.15) is 23.2 Å². The van der Waals surface area contributed by atoms with Crippen LogP contribution in [0.5, 0.6) is 0 Å². The van der Waals surface area contributed by atoms with Gasteiger partial charge in [-0.2, -0.15) is 0 Å². The number of rotatable bonds is 2. The van der Waals surface area contributed by atoms with Gasteiger partial charge in [0.15, 0.2) is 17.5 Å². The summed E-state index contributed by atoms with van der Waals surface area (Å²) in [6.07, 6.45) is 1.74. The fraction of sp³-hybridized carbons (Fsp3) is 0.417. The molecular weight excluding hydrogens is 245 g/mol. The first-order valence-corrected chi connectivity index (χ1v) is 5.74. The van der Waals surface area contributed by atoms with E-state index < -0.39 is 23.4 Å². The Labute approximate surface area is 102 Å². The van der Waals surface area contributed by atoms with Crippen molar-refractivity contribution >= 4 is 5.91 Å². The van der Waals surface area contributed by atoms with Crippen LogP contribution in [0.25, 0.3) is 0 Å². The summed E-state index contributed by atoms with van der Waals surface area (Å²) < 4.78 is 38.7. The SMILES string of the molecule is O=C(N[C@H]1CCCNC1)c1cc(F)c(F)c(F)c1. The highest BCUT2D eigenvalue weighted by Crippen LogP contribution is 2.14. The Balaban J connectivity index is 2.08. The second-order valence-electron chi connectivity index (χ2n) is 4.27. The highest BCUT2D eigenvalue weighted by Gasteiger charge is 2.19. The number of benzene rings is 1. The van der Waals surface area contributed by atoms with Gasteiger partial charge in [-0.25, -0.2) is 13.2 Å². The molecule has 0 saturated carbocycles. The normalized spacial score (nSPS) is 19.6. The van der Waals surface area contributed by atoms with Gasteiger partial charge in [-0.15, -0.1) is 0 Å². The molecule has 6 heteroatoms. The summed E-state index contributed by atoms with van der Waals surface area (Å²) in [5, 5.41) is 5.75. The van der Waals surface area contributed by atoms with Crippen molar-refractivity contribution in [1.29, 1.82) is 0 Å². The van der Waals surface area contributed by atoms with E-state index in [4.69, 9.17) is 0 Å². The topological polar surface area (TPSA) is 41.1 Å². The molecule has 2 rings (SSSR count). The third kappa shape index (κ3) is 2.81. The first-order valence-electron chi connectivity index (χ1n) is 5.74. The van der Waals surface area contributed by atoms with Crippen molar-refractivity contribution in [2.45, 2.75) is 18.9 Å². The van der Waals surface area contributed by atoms with Crippen LogP contribution in [-0.4, -0.2) is 25.0 Å². The van der Waals surface area contributed by atoms with E-state index in [0.717, 1.165) is 19.4 Å². The fourth-order valence-electron chi connectivity index (χ4n) is 1.93. The van der Waals surface area contributed by atoms with Gasteiger partial charge < -0.3 is 10.6 Å². The molecule has 98 valence electrons. The maximum Gasteiger partial charge on any atom is 0.251 e. The van der Waals surface area contributed by atoms with Crippen molar-refractivity contribution in [3.05, 3.63) is 35.1 Å². The number of hydrogen-bond acceptors (Lipinski definition) is 2. The van der Waals surface area contributed by atoms with E-state index in [-0.39, 0.29) is 11.6 Å². The molecule has 1 fully saturated rings. The van der Waals surface area contributed by atoms with Crippen molar-refractivity contribution in [3.63, 3.8) is 0 Å². The average Bonchev–Trinajstić information content (AvgIpc) is 2.36. The predicted octanol–water partition coefficient (Wildman–Crippen LogP) is 1.59. The van der Waals surface area contributed by atoms with E-state index in [1.807, 2.05) is 0 Å². The molecule has 1 atom stereocenters. The van der Waals surface area contributed by atoms with Crippen LogP contribution in [0.2, 0.25) is 0 Å². The molecule has 0 aromatic heterocycles. The molecule has 2 N–H and O–H groups in total. The first kappa shape index (κ1) is 12.9. The van der Waals surface area contributed by atoms with Crippen molar-refractivity contribution in [2.24, 2.45) is 0 Å². The van der Waals surface area contributed by atoms with E-state index in [0.29, 0.717) is 18.7 Å². The third-order valence-corrected chi connectivity index (χ3v) is 2.88. The molecule has 3 nitrogen and oxygen atoms in total. The van der Waals surface area contributed by atoms with Gasteiger partial charge in [-0.05, 0) is 31.5 Å². The lowest BCUT2D eigenvalue weighted by atomic mass is 10.1. The number of amides is 1. The Morgan fingerprint density at radius 2 is 1.94 bits per heavy atom. The summed E-state index contributed by atoms with van der Waals surface area (Å²) in [6, 6.07) is 1.33. The quantitative estimate of drug-likeness (QED) is 0.791. The Morgan fingerprint density at radius 3 is 2.50 bits per heavy atom. The summed E-state index contributed by atoms with van der Waals surface area (Å²) in [4.78, 5) is 11.7. The van der Waals surface area contributed by atoms with Crippen molar-refractivity contribution in [3.8, 4) is 0 Å². The Bertz CT molecular complexity index is 436. The average molecular weight is 258 g/mol.